The number of rotatable bonds is 6. The van der Waals surface area contributed by atoms with Crippen LogP contribution in [0.4, 0.5) is 4.39 Å². The zero-order chi connectivity index (χ0) is 20.4. The molecule has 0 radical (unpaired) electrons. The number of benzene rings is 2. The molecule has 2 heterocycles. The van der Waals surface area contributed by atoms with Crippen LogP contribution in [0.15, 0.2) is 52.3 Å². The summed E-state index contributed by atoms with van der Waals surface area (Å²) < 4.78 is 14.8. The van der Waals surface area contributed by atoms with Crippen molar-refractivity contribution in [1.29, 1.82) is 0 Å². The van der Waals surface area contributed by atoms with Crippen molar-refractivity contribution >= 4 is 34.2 Å². The van der Waals surface area contributed by atoms with Crippen LogP contribution in [0.2, 0.25) is 0 Å². The Morgan fingerprint density at radius 2 is 2.03 bits per heavy atom. The lowest BCUT2D eigenvalue weighted by Crippen LogP contribution is -2.24. The maximum Gasteiger partial charge on any atom is 0.303 e. The molecule has 0 bridgehead atoms. The van der Waals surface area contributed by atoms with Crippen molar-refractivity contribution in [1.82, 2.24) is 9.55 Å². The number of aryl methyl sites for hydroxylation is 1. The number of thioether (sulfide) groups is 1. The minimum absolute atomic E-state index is 0.0224. The number of fused-ring (bicyclic) bond motifs is 1. The molecule has 0 amide bonds. The molecule has 1 aliphatic heterocycles. The summed E-state index contributed by atoms with van der Waals surface area (Å²) in [7, 11) is 0. The van der Waals surface area contributed by atoms with Crippen LogP contribution < -0.4 is 5.56 Å². The molecule has 1 aromatic heterocycles. The van der Waals surface area contributed by atoms with Crippen molar-refractivity contribution in [3.05, 3.63) is 70.0 Å². The lowest BCUT2D eigenvalue weighted by atomic mass is 10.1. The van der Waals surface area contributed by atoms with Gasteiger partial charge in [0.05, 0.1) is 28.2 Å². The number of hydrogen-bond acceptors (Lipinski definition) is 5. The topological polar surface area (TPSA) is 84.6 Å². The average molecular weight is 411 g/mol. The van der Waals surface area contributed by atoms with E-state index in [9.17, 15) is 14.0 Å². The molecule has 1 aliphatic rings. The fourth-order valence-corrected chi connectivity index (χ4v) is 4.13. The molecular weight excluding hydrogens is 393 g/mol. The summed E-state index contributed by atoms with van der Waals surface area (Å²) in [6, 6.07) is 11.2. The minimum Gasteiger partial charge on any atom is -0.481 e. The molecular formula is C21H18FN3O3S. The molecule has 1 unspecified atom stereocenters. The van der Waals surface area contributed by atoms with Crippen LogP contribution >= 0.6 is 11.8 Å². The van der Waals surface area contributed by atoms with Gasteiger partial charge in [0.2, 0.25) is 0 Å². The number of hydrogen-bond donors (Lipinski definition) is 1. The largest absolute Gasteiger partial charge is 0.481 e. The normalized spacial score (nSPS) is 15.8. The molecule has 0 saturated carbocycles. The van der Waals surface area contributed by atoms with E-state index in [0.29, 0.717) is 35.3 Å². The van der Waals surface area contributed by atoms with Crippen LogP contribution in [0, 0.1) is 5.82 Å². The number of halogens is 1. The first kappa shape index (κ1) is 19.3. The number of aliphatic carboxylic acids is 1. The third-order valence-corrected chi connectivity index (χ3v) is 5.57. The number of carboxylic acids is 1. The quantitative estimate of drug-likeness (QED) is 0.668. The average Bonchev–Trinajstić information content (AvgIpc) is 3.23. The maximum absolute atomic E-state index is 13.4. The summed E-state index contributed by atoms with van der Waals surface area (Å²) in [5.41, 5.74) is 3.61. The second-order valence-corrected chi connectivity index (χ2v) is 7.65. The fraction of sp³-hybridized carbons (Fsp3) is 0.238. The van der Waals surface area contributed by atoms with E-state index in [1.807, 2.05) is 17.7 Å². The Bertz CT molecular complexity index is 1160. The second kappa shape index (κ2) is 8.16. The van der Waals surface area contributed by atoms with Gasteiger partial charge in [0.25, 0.3) is 5.56 Å². The zero-order valence-corrected chi connectivity index (χ0v) is 16.2. The number of carboxylic acid groups (broad SMARTS) is 1. The highest BCUT2D eigenvalue weighted by Gasteiger charge is 2.17. The highest BCUT2D eigenvalue weighted by atomic mass is 32.2. The Morgan fingerprint density at radius 1 is 1.24 bits per heavy atom. The number of aromatic nitrogens is 2. The predicted octanol–water partition coefficient (Wildman–Crippen LogP) is 3.75. The van der Waals surface area contributed by atoms with Crippen LogP contribution in [0.3, 0.4) is 0 Å². The number of nitrogens with zero attached hydrogens (tertiary/aromatic N) is 3. The summed E-state index contributed by atoms with van der Waals surface area (Å²) in [6.07, 6.45) is 0.639. The molecule has 2 aromatic carbocycles. The van der Waals surface area contributed by atoms with Crippen molar-refractivity contribution in [3.63, 3.8) is 0 Å². The van der Waals surface area contributed by atoms with E-state index in [2.05, 4.69) is 9.98 Å². The van der Waals surface area contributed by atoms with Crippen LogP contribution in [0.5, 0.6) is 0 Å². The second-order valence-electron chi connectivity index (χ2n) is 6.77. The Labute approximate surface area is 170 Å². The van der Waals surface area contributed by atoms with Gasteiger partial charge in [0, 0.05) is 18.6 Å². The van der Waals surface area contributed by atoms with Crippen LogP contribution in [-0.2, 0) is 11.2 Å². The van der Waals surface area contributed by atoms with Gasteiger partial charge in [-0.2, -0.15) is 0 Å². The zero-order valence-electron chi connectivity index (χ0n) is 15.4. The Hall–Kier alpha value is -3.00. The lowest BCUT2D eigenvalue weighted by molar-refractivity contribution is -0.137. The van der Waals surface area contributed by atoms with Crippen molar-refractivity contribution in [2.24, 2.45) is 4.99 Å². The Morgan fingerprint density at radius 3 is 2.72 bits per heavy atom. The first-order valence-electron chi connectivity index (χ1n) is 9.19. The Kier molecular flexibility index (Phi) is 5.44. The minimum atomic E-state index is -0.902. The molecule has 0 fully saturated rings. The first-order valence-corrected chi connectivity index (χ1v) is 10.2. The molecule has 3 aromatic rings. The highest BCUT2D eigenvalue weighted by Crippen LogP contribution is 2.28. The predicted molar refractivity (Wildman–Crippen MR) is 112 cm³/mol. The van der Waals surface area contributed by atoms with E-state index < -0.39 is 11.8 Å². The van der Waals surface area contributed by atoms with Crippen molar-refractivity contribution in [2.45, 2.75) is 25.3 Å². The summed E-state index contributed by atoms with van der Waals surface area (Å²) in [5.74, 6) is 0.00337. The molecule has 0 aliphatic carbocycles. The third kappa shape index (κ3) is 4.07. The standard InChI is InChI=1S/C21H18FN3O3S/c22-14-5-7-15(8-6-14)25-19(2-1-3-20(26)27)24-17-10-13(18-11-29-12-23-18)4-9-16(17)21(25)28/h4-10,12,18H,1-3,11H2,(H,26,27). The van der Waals surface area contributed by atoms with E-state index in [0.717, 1.165) is 11.3 Å². The fourth-order valence-electron chi connectivity index (χ4n) is 3.35. The van der Waals surface area contributed by atoms with Gasteiger partial charge in [0.1, 0.15) is 11.6 Å². The molecule has 6 nitrogen and oxygen atoms in total. The molecule has 29 heavy (non-hydrogen) atoms. The number of carbonyl (C=O) groups is 1. The lowest BCUT2D eigenvalue weighted by Gasteiger charge is -2.15. The van der Waals surface area contributed by atoms with E-state index >= 15 is 0 Å². The third-order valence-electron chi connectivity index (χ3n) is 4.79. The summed E-state index contributed by atoms with van der Waals surface area (Å²) >= 11 is 1.64. The monoisotopic (exact) mass is 411 g/mol. The van der Waals surface area contributed by atoms with E-state index in [4.69, 9.17) is 5.11 Å². The van der Waals surface area contributed by atoms with Gasteiger partial charge in [-0.3, -0.25) is 19.1 Å². The smallest absolute Gasteiger partial charge is 0.303 e. The molecule has 148 valence electrons. The molecule has 8 heteroatoms. The van der Waals surface area contributed by atoms with Gasteiger partial charge in [0.15, 0.2) is 0 Å². The molecule has 1 atom stereocenters. The van der Waals surface area contributed by atoms with E-state index in [1.54, 1.807) is 17.8 Å². The van der Waals surface area contributed by atoms with Gasteiger partial charge in [-0.1, -0.05) is 6.07 Å². The van der Waals surface area contributed by atoms with Crippen molar-refractivity contribution < 1.29 is 14.3 Å². The van der Waals surface area contributed by atoms with E-state index in [-0.39, 0.29) is 18.0 Å². The van der Waals surface area contributed by atoms with Crippen molar-refractivity contribution in [3.8, 4) is 5.69 Å². The molecule has 4 rings (SSSR count). The first-order chi connectivity index (χ1) is 14.0. The van der Waals surface area contributed by atoms with Crippen LogP contribution in [0.25, 0.3) is 16.6 Å². The van der Waals surface area contributed by atoms with Gasteiger partial charge in [-0.05, 0) is 48.4 Å². The van der Waals surface area contributed by atoms with Gasteiger partial charge < -0.3 is 5.11 Å². The highest BCUT2D eigenvalue weighted by molar-refractivity contribution is 8.12. The van der Waals surface area contributed by atoms with Crippen molar-refractivity contribution in [2.75, 3.05) is 5.75 Å². The van der Waals surface area contributed by atoms with Gasteiger partial charge in [-0.25, -0.2) is 9.37 Å². The summed E-state index contributed by atoms with van der Waals surface area (Å²) in [4.78, 5) is 33.3. The van der Waals surface area contributed by atoms with Crippen LogP contribution in [0.1, 0.15) is 30.3 Å². The SMILES string of the molecule is O=C(O)CCCc1nc2cc(C3CSC=N3)ccc2c(=O)n1-c1ccc(F)cc1. The molecule has 1 N–H and O–H groups in total. The Balaban J connectivity index is 1.84. The van der Waals surface area contributed by atoms with E-state index in [1.165, 1.54) is 28.8 Å². The number of aliphatic imine (C=N–C) groups is 1. The molecule has 0 saturated heterocycles. The molecule has 0 spiro atoms. The maximum atomic E-state index is 13.4. The summed E-state index contributed by atoms with van der Waals surface area (Å²) in [6.45, 7) is 0. The van der Waals surface area contributed by atoms with Crippen LogP contribution in [-0.4, -0.2) is 31.9 Å². The summed E-state index contributed by atoms with van der Waals surface area (Å²) in [5, 5.41) is 9.40. The van der Waals surface area contributed by atoms with Gasteiger partial charge in [-0.15, -0.1) is 11.8 Å². The van der Waals surface area contributed by atoms with Gasteiger partial charge >= 0.3 is 5.97 Å².